The van der Waals surface area contributed by atoms with Crippen LogP contribution in [0.4, 0.5) is 10.1 Å². The number of rotatable bonds is 5. The zero-order valence-electron chi connectivity index (χ0n) is 15.8. The zero-order chi connectivity index (χ0) is 21.1. The summed E-state index contributed by atoms with van der Waals surface area (Å²) in [5.41, 5.74) is 1.43. The van der Waals surface area contributed by atoms with Gasteiger partial charge in [0.05, 0.1) is 34.8 Å². The largest absolute Gasteiger partial charge is 0.497 e. The Balaban J connectivity index is 1.92. The van der Waals surface area contributed by atoms with Gasteiger partial charge in [-0.15, -0.1) is 5.10 Å². The molecule has 29 heavy (non-hydrogen) atoms. The molecule has 2 N–H and O–H groups in total. The number of ether oxygens (including phenoxy) is 1. The van der Waals surface area contributed by atoms with Crippen molar-refractivity contribution >= 4 is 29.1 Å². The van der Waals surface area contributed by atoms with Crippen LogP contribution in [0.1, 0.15) is 26.5 Å². The third-order valence-corrected chi connectivity index (χ3v) is 4.49. The molecule has 0 spiro atoms. The number of benzene rings is 2. The summed E-state index contributed by atoms with van der Waals surface area (Å²) in [4.78, 5) is 24.9. The van der Waals surface area contributed by atoms with Gasteiger partial charge in [-0.3, -0.25) is 9.59 Å². The molecule has 150 valence electrons. The van der Waals surface area contributed by atoms with Crippen molar-refractivity contribution in [3.63, 3.8) is 0 Å². The average Bonchev–Trinajstić information content (AvgIpc) is 3.11. The van der Waals surface area contributed by atoms with E-state index in [1.165, 1.54) is 43.1 Å². The van der Waals surface area contributed by atoms with E-state index in [-0.39, 0.29) is 27.9 Å². The van der Waals surface area contributed by atoms with E-state index in [2.05, 4.69) is 20.9 Å². The molecule has 8 nitrogen and oxygen atoms in total. The van der Waals surface area contributed by atoms with Crippen LogP contribution in [0.3, 0.4) is 0 Å². The molecule has 0 atom stereocenters. The van der Waals surface area contributed by atoms with Crippen molar-refractivity contribution in [3.8, 4) is 11.4 Å². The second-order valence-corrected chi connectivity index (χ2v) is 6.39. The number of carbonyl (C=O) groups is 2. The van der Waals surface area contributed by atoms with Crippen LogP contribution < -0.4 is 15.4 Å². The van der Waals surface area contributed by atoms with Gasteiger partial charge in [-0.05, 0) is 43.3 Å². The lowest BCUT2D eigenvalue weighted by atomic mass is 10.1. The Morgan fingerprint density at radius 2 is 1.93 bits per heavy atom. The summed E-state index contributed by atoms with van der Waals surface area (Å²) in [6.45, 7) is 1.64. The number of nitrogens with one attached hydrogen (secondary N) is 2. The lowest BCUT2D eigenvalue weighted by Gasteiger charge is -2.11. The summed E-state index contributed by atoms with van der Waals surface area (Å²) in [6, 6.07) is 8.74. The number of anilines is 1. The Kier molecular flexibility index (Phi) is 5.79. The van der Waals surface area contributed by atoms with Gasteiger partial charge in [0, 0.05) is 7.05 Å². The highest BCUT2D eigenvalue weighted by molar-refractivity contribution is 6.30. The van der Waals surface area contributed by atoms with E-state index in [9.17, 15) is 14.0 Å². The summed E-state index contributed by atoms with van der Waals surface area (Å²) in [7, 11) is 2.96. The molecular formula is C19H17ClFN5O3. The van der Waals surface area contributed by atoms with Crippen molar-refractivity contribution < 1.29 is 18.7 Å². The number of aromatic nitrogens is 3. The summed E-state index contributed by atoms with van der Waals surface area (Å²) < 4.78 is 19.9. The van der Waals surface area contributed by atoms with Gasteiger partial charge in [0.15, 0.2) is 5.69 Å². The molecule has 2 aromatic carbocycles. The van der Waals surface area contributed by atoms with Crippen LogP contribution in [0.2, 0.25) is 5.02 Å². The Morgan fingerprint density at radius 1 is 1.17 bits per heavy atom. The summed E-state index contributed by atoms with van der Waals surface area (Å²) in [5.74, 6) is -1.04. The molecule has 3 aromatic rings. The number of methoxy groups -OCH3 is 1. The topological polar surface area (TPSA) is 98.1 Å². The first-order valence-electron chi connectivity index (χ1n) is 8.45. The number of amides is 2. The maximum Gasteiger partial charge on any atom is 0.278 e. The first-order valence-corrected chi connectivity index (χ1v) is 8.82. The fourth-order valence-electron chi connectivity index (χ4n) is 2.66. The van der Waals surface area contributed by atoms with Crippen LogP contribution in [0.15, 0.2) is 36.4 Å². The van der Waals surface area contributed by atoms with Gasteiger partial charge >= 0.3 is 0 Å². The van der Waals surface area contributed by atoms with Crippen LogP contribution in [-0.2, 0) is 0 Å². The monoisotopic (exact) mass is 417 g/mol. The van der Waals surface area contributed by atoms with Gasteiger partial charge in [-0.25, -0.2) is 9.07 Å². The molecule has 0 fully saturated rings. The highest BCUT2D eigenvalue weighted by atomic mass is 35.5. The third kappa shape index (κ3) is 4.04. The van der Waals surface area contributed by atoms with Crippen LogP contribution in [0.5, 0.6) is 5.75 Å². The van der Waals surface area contributed by atoms with E-state index in [1.807, 2.05) is 0 Å². The van der Waals surface area contributed by atoms with Gasteiger partial charge in [0.2, 0.25) is 0 Å². The summed E-state index contributed by atoms with van der Waals surface area (Å²) >= 11 is 5.81. The second kappa shape index (κ2) is 8.27. The van der Waals surface area contributed by atoms with Crippen molar-refractivity contribution in [2.75, 3.05) is 19.5 Å². The first-order chi connectivity index (χ1) is 13.8. The van der Waals surface area contributed by atoms with Crippen molar-refractivity contribution in [2.24, 2.45) is 0 Å². The van der Waals surface area contributed by atoms with E-state index in [0.717, 1.165) is 0 Å². The van der Waals surface area contributed by atoms with E-state index in [1.54, 1.807) is 19.1 Å². The fraction of sp³-hybridized carbons (Fsp3) is 0.158. The molecule has 0 aliphatic rings. The van der Waals surface area contributed by atoms with Gasteiger partial charge in [-0.2, -0.15) is 0 Å². The molecule has 0 bridgehead atoms. The molecule has 1 aromatic heterocycles. The van der Waals surface area contributed by atoms with Gasteiger partial charge < -0.3 is 15.4 Å². The minimum atomic E-state index is -0.563. The zero-order valence-corrected chi connectivity index (χ0v) is 16.5. The smallest absolute Gasteiger partial charge is 0.278 e. The Hall–Kier alpha value is -3.46. The number of nitrogens with zero attached hydrogens (tertiary/aromatic N) is 3. The number of halogens is 2. The molecule has 0 saturated heterocycles. The van der Waals surface area contributed by atoms with Gasteiger partial charge in [0.1, 0.15) is 11.6 Å². The molecule has 0 saturated carbocycles. The number of carbonyl (C=O) groups excluding carboxylic acids is 2. The lowest BCUT2D eigenvalue weighted by molar-refractivity contribution is 0.0963. The van der Waals surface area contributed by atoms with Crippen molar-refractivity contribution in [2.45, 2.75) is 6.92 Å². The molecule has 0 radical (unpaired) electrons. The Labute approximate surface area is 170 Å². The third-order valence-electron chi connectivity index (χ3n) is 4.20. The Bertz CT molecular complexity index is 1100. The number of hydrogen-bond donors (Lipinski definition) is 2. The SMILES string of the molecule is CNC(=O)c1cc(OC)ccc1NC(=O)c1nnn(-c2ccc(F)c(Cl)c2)c1C. The van der Waals surface area contributed by atoms with Crippen molar-refractivity contribution in [3.05, 3.63) is 64.2 Å². The van der Waals surface area contributed by atoms with E-state index >= 15 is 0 Å². The van der Waals surface area contributed by atoms with E-state index < -0.39 is 11.7 Å². The average molecular weight is 418 g/mol. The maximum absolute atomic E-state index is 13.4. The summed E-state index contributed by atoms with van der Waals surface area (Å²) in [6.07, 6.45) is 0. The van der Waals surface area contributed by atoms with E-state index in [0.29, 0.717) is 17.1 Å². The molecule has 2 amide bonds. The second-order valence-electron chi connectivity index (χ2n) is 5.98. The standard InChI is InChI=1S/C19H17ClFN5O3/c1-10-17(24-25-26(10)11-4-6-15(21)14(20)8-11)19(28)23-16-7-5-12(29-3)9-13(16)18(27)22-2/h4-9H,1-3H3,(H,22,27)(H,23,28). The number of hydrogen-bond acceptors (Lipinski definition) is 5. The quantitative estimate of drug-likeness (QED) is 0.665. The lowest BCUT2D eigenvalue weighted by Crippen LogP contribution is -2.22. The highest BCUT2D eigenvalue weighted by Gasteiger charge is 2.20. The predicted octanol–water partition coefficient (Wildman–Crippen LogP) is 2.99. The molecule has 0 unspecified atom stereocenters. The normalized spacial score (nSPS) is 10.5. The minimum Gasteiger partial charge on any atom is -0.497 e. The van der Waals surface area contributed by atoms with Gasteiger partial charge in [-0.1, -0.05) is 16.8 Å². The Morgan fingerprint density at radius 3 is 2.59 bits per heavy atom. The first kappa shape index (κ1) is 20.3. The van der Waals surface area contributed by atoms with Crippen molar-refractivity contribution in [1.82, 2.24) is 20.3 Å². The fourth-order valence-corrected chi connectivity index (χ4v) is 2.84. The van der Waals surface area contributed by atoms with Crippen molar-refractivity contribution in [1.29, 1.82) is 0 Å². The van der Waals surface area contributed by atoms with Gasteiger partial charge in [0.25, 0.3) is 11.8 Å². The maximum atomic E-state index is 13.4. The molecule has 0 aliphatic carbocycles. The molecule has 10 heteroatoms. The van der Waals surface area contributed by atoms with Crippen LogP contribution in [-0.4, -0.2) is 41.0 Å². The van der Waals surface area contributed by atoms with Crippen LogP contribution in [0.25, 0.3) is 5.69 Å². The highest BCUT2D eigenvalue weighted by Crippen LogP contribution is 2.24. The van der Waals surface area contributed by atoms with Crippen LogP contribution in [0, 0.1) is 12.7 Å². The molecule has 0 aliphatic heterocycles. The molecule has 3 rings (SSSR count). The van der Waals surface area contributed by atoms with E-state index in [4.69, 9.17) is 16.3 Å². The minimum absolute atomic E-state index is 0.0455. The van der Waals surface area contributed by atoms with Crippen LogP contribution >= 0.6 is 11.6 Å². The molecule has 1 heterocycles. The summed E-state index contributed by atoms with van der Waals surface area (Å²) in [5, 5.41) is 13.0. The molecular weight excluding hydrogens is 401 g/mol. The predicted molar refractivity (Wildman–Crippen MR) is 105 cm³/mol.